The Morgan fingerprint density at radius 2 is 1.62 bits per heavy atom. The normalized spacial score (nSPS) is 12.9. The smallest absolute Gasteiger partial charge is 0.224 e. The lowest BCUT2D eigenvalue weighted by Crippen LogP contribution is -2.19. The van der Waals surface area contributed by atoms with Gasteiger partial charge in [0.25, 0.3) is 0 Å². The quantitative estimate of drug-likeness (QED) is 0.781. The van der Waals surface area contributed by atoms with Crippen LogP contribution >= 0.6 is 0 Å². The van der Waals surface area contributed by atoms with Gasteiger partial charge in [-0.1, -0.05) is 0 Å². The largest absolute Gasteiger partial charge is 0.419 e. The van der Waals surface area contributed by atoms with E-state index in [0.717, 1.165) is 0 Å². The van der Waals surface area contributed by atoms with Crippen molar-refractivity contribution in [3.05, 3.63) is 29.3 Å². The molecule has 0 bridgehead atoms. The minimum Gasteiger partial charge on any atom is -0.224 e. The van der Waals surface area contributed by atoms with E-state index >= 15 is 0 Å². The summed E-state index contributed by atoms with van der Waals surface area (Å²) in [5, 5.41) is 4.40. The minimum absolute atomic E-state index is 0.0966. The maximum absolute atomic E-state index is 13.1. The maximum atomic E-state index is 13.1. The lowest BCUT2D eigenvalue weighted by atomic mass is 10.2. The van der Waals surface area contributed by atoms with Gasteiger partial charge in [-0.15, -0.1) is 0 Å². The molecule has 9 heteroatoms. The Kier molecular flexibility index (Phi) is 2.94. The van der Waals surface area contributed by atoms with E-state index in [1.807, 2.05) is 0 Å². The van der Waals surface area contributed by atoms with Crippen LogP contribution < -0.4 is 5.14 Å². The van der Waals surface area contributed by atoms with E-state index in [1.54, 1.807) is 0 Å². The third-order valence-electron chi connectivity index (χ3n) is 1.64. The lowest BCUT2D eigenvalue weighted by molar-refractivity contribution is -0.140. The summed E-state index contributed by atoms with van der Waals surface area (Å²) in [6, 6.07) is 0.283. The molecule has 0 heterocycles. The average molecular weight is 261 g/mol. The first-order valence-electron chi connectivity index (χ1n) is 3.63. The third-order valence-corrected chi connectivity index (χ3v) is 2.58. The molecule has 2 N–H and O–H groups in total. The van der Waals surface area contributed by atoms with Crippen molar-refractivity contribution in [3.63, 3.8) is 0 Å². The molecule has 0 aromatic heterocycles. The van der Waals surface area contributed by atoms with Crippen molar-refractivity contribution < 1.29 is 30.4 Å². The van der Waals surface area contributed by atoms with Crippen LogP contribution in [0.2, 0.25) is 0 Å². The molecular weight excluding hydrogens is 257 g/mol. The third kappa shape index (κ3) is 2.30. The van der Waals surface area contributed by atoms with Crippen LogP contribution in [0.1, 0.15) is 5.56 Å². The van der Waals surface area contributed by atoms with Gasteiger partial charge in [0.15, 0.2) is 10.7 Å². The van der Waals surface area contributed by atoms with Crippen molar-refractivity contribution >= 4 is 10.0 Å². The van der Waals surface area contributed by atoms with Gasteiger partial charge < -0.3 is 0 Å². The van der Waals surface area contributed by atoms with Crippen LogP contribution in [0.15, 0.2) is 17.0 Å². The second-order valence-electron chi connectivity index (χ2n) is 2.78. The summed E-state index contributed by atoms with van der Waals surface area (Å²) in [6.07, 6.45) is -5.13. The predicted molar refractivity (Wildman–Crippen MR) is 42.7 cm³/mol. The molecule has 16 heavy (non-hydrogen) atoms. The van der Waals surface area contributed by atoms with Crippen LogP contribution in [0.25, 0.3) is 0 Å². The molecule has 1 rings (SSSR count). The predicted octanol–water partition coefficient (Wildman–Crippen LogP) is 1.63. The summed E-state index contributed by atoms with van der Waals surface area (Å²) >= 11 is 0. The minimum atomic E-state index is -5.13. The van der Waals surface area contributed by atoms with E-state index in [0.29, 0.717) is 0 Å². The zero-order chi connectivity index (χ0) is 12.7. The van der Waals surface area contributed by atoms with Crippen molar-refractivity contribution in [1.29, 1.82) is 0 Å². The Morgan fingerprint density at radius 3 is 2.00 bits per heavy atom. The molecule has 0 atom stereocenters. The number of primary sulfonamides is 1. The second kappa shape index (κ2) is 3.67. The SMILES string of the molecule is NS(=O)(=O)c1c(F)ccc(C(F)(F)F)c1F. The number of halogens is 5. The molecular formula is C7H4F5NO2S. The molecule has 1 aromatic carbocycles. The lowest BCUT2D eigenvalue weighted by Gasteiger charge is -2.10. The van der Waals surface area contributed by atoms with E-state index < -0.39 is 38.3 Å². The fraction of sp³-hybridized carbons (Fsp3) is 0.143. The van der Waals surface area contributed by atoms with E-state index in [2.05, 4.69) is 5.14 Å². The molecule has 0 aliphatic carbocycles. The molecule has 1 aromatic rings. The van der Waals surface area contributed by atoms with E-state index in [-0.39, 0.29) is 12.1 Å². The van der Waals surface area contributed by atoms with E-state index in [1.165, 1.54) is 0 Å². The number of nitrogens with two attached hydrogens (primary N) is 1. The molecule has 0 unspecified atom stereocenters. The van der Waals surface area contributed by atoms with Gasteiger partial charge in [0.05, 0.1) is 5.56 Å². The molecule has 0 fully saturated rings. The molecule has 0 saturated carbocycles. The standard InChI is InChI=1S/C7H4F5NO2S/c8-4-2-1-3(7(10,11)12)5(9)6(4)16(13,14)15/h1-2H,(H2,13,14,15). The van der Waals surface area contributed by atoms with Gasteiger partial charge in [-0.3, -0.25) is 0 Å². The Balaban J connectivity index is 3.65. The zero-order valence-corrected chi connectivity index (χ0v) is 8.16. The van der Waals surface area contributed by atoms with Crippen molar-refractivity contribution in [1.82, 2.24) is 0 Å². The van der Waals surface area contributed by atoms with Crippen LogP contribution in [0.5, 0.6) is 0 Å². The second-order valence-corrected chi connectivity index (χ2v) is 4.28. The molecule has 0 aliphatic heterocycles. The fourth-order valence-electron chi connectivity index (χ4n) is 1.01. The van der Waals surface area contributed by atoms with Crippen LogP contribution in [0, 0.1) is 11.6 Å². The Bertz CT molecular complexity index is 522. The van der Waals surface area contributed by atoms with Gasteiger partial charge in [0.1, 0.15) is 5.82 Å². The van der Waals surface area contributed by atoms with Crippen molar-refractivity contribution in [2.24, 2.45) is 5.14 Å². The number of hydrogen-bond acceptors (Lipinski definition) is 2. The van der Waals surface area contributed by atoms with Crippen molar-refractivity contribution in [2.75, 3.05) is 0 Å². The summed E-state index contributed by atoms with van der Waals surface area (Å²) in [6.45, 7) is 0. The Morgan fingerprint density at radius 1 is 1.12 bits per heavy atom. The van der Waals surface area contributed by atoms with Gasteiger partial charge in [-0.25, -0.2) is 22.3 Å². The van der Waals surface area contributed by atoms with Gasteiger partial charge in [0.2, 0.25) is 10.0 Å². The van der Waals surface area contributed by atoms with Gasteiger partial charge in [-0.05, 0) is 12.1 Å². The summed E-state index contributed by atoms with van der Waals surface area (Å²) in [4.78, 5) is -1.79. The van der Waals surface area contributed by atoms with Gasteiger partial charge in [-0.2, -0.15) is 13.2 Å². The molecule has 3 nitrogen and oxygen atoms in total. The maximum Gasteiger partial charge on any atom is 0.419 e. The summed E-state index contributed by atoms with van der Waals surface area (Å²) in [7, 11) is -4.90. The van der Waals surface area contributed by atoms with Crippen molar-refractivity contribution in [2.45, 2.75) is 11.1 Å². The zero-order valence-electron chi connectivity index (χ0n) is 7.35. The first-order valence-corrected chi connectivity index (χ1v) is 5.18. The van der Waals surface area contributed by atoms with Crippen LogP contribution in [0.3, 0.4) is 0 Å². The molecule has 0 saturated heterocycles. The fourth-order valence-corrected chi connectivity index (χ4v) is 1.71. The number of alkyl halides is 3. The van der Waals surface area contributed by atoms with E-state index in [9.17, 15) is 30.4 Å². The number of hydrogen-bond donors (Lipinski definition) is 1. The number of benzene rings is 1. The highest BCUT2D eigenvalue weighted by Crippen LogP contribution is 2.34. The van der Waals surface area contributed by atoms with Gasteiger partial charge >= 0.3 is 6.18 Å². The Hall–Kier alpha value is -1.22. The summed E-state index contributed by atoms with van der Waals surface area (Å²) in [5.41, 5.74) is -1.89. The highest BCUT2D eigenvalue weighted by atomic mass is 32.2. The molecule has 0 amide bonds. The van der Waals surface area contributed by atoms with Gasteiger partial charge in [0, 0.05) is 0 Å². The monoisotopic (exact) mass is 261 g/mol. The van der Waals surface area contributed by atoms with Crippen LogP contribution in [-0.2, 0) is 16.2 Å². The first-order chi connectivity index (χ1) is 7.05. The summed E-state index contributed by atoms with van der Waals surface area (Å²) < 4.78 is 83.8. The van der Waals surface area contributed by atoms with Crippen molar-refractivity contribution in [3.8, 4) is 0 Å². The topological polar surface area (TPSA) is 60.2 Å². The average Bonchev–Trinajstić information content (AvgIpc) is 1.97. The Labute approximate surface area is 86.7 Å². The van der Waals surface area contributed by atoms with E-state index in [4.69, 9.17) is 0 Å². The highest BCUT2D eigenvalue weighted by Gasteiger charge is 2.37. The first kappa shape index (κ1) is 12.8. The number of rotatable bonds is 1. The molecule has 90 valence electrons. The number of sulfonamides is 1. The summed E-state index contributed by atoms with van der Waals surface area (Å²) in [5.74, 6) is -3.91. The highest BCUT2D eigenvalue weighted by molar-refractivity contribution is 7.89. The molecule has 0 spiro atoms. The molecule has 0 radical (unpaired) electrons. The van der Waals surface area contributed by atoms with Crippen LogP contribution in [0.4, 0.5) is 22.0 Å². The van der Waals surface area contributed by atoms with Crippen LogP contribution in [-0.4, -0.2) is 8.42 Å². The molecule has 0 aliphatic rings.